The molecule has 6 atom stereocenters. The zero-order chi connectivity index (χ0) is 44.4. The Bertz CT molecular complexity index is 1980. The molecule has 3 aromatic carbocycles. The minimum absolute atomic E-state index is 0.000870. The average molecular weight is 868 g/mol. The van der Waals surface area contributed by atoms with E-state index in [9.17, 15) is 19.8 Å². The fourth-order valence-corrected chi connectivity index (χ4v) is 9.42. The molecular formula is C50H65N3O10. The first-order chi connectivity index (χ1) is 30.9. The van der Waals surface area contributed by atoms with Crippen molar-refractivity contribution >= 4 is 17.9 Å². The van der Waals surface area contributed by atoms with Gasteiger partial charge >= 0.3 is 12.2 Å². The van der Waals surface area contributed by atoms with Crippen molar-refractivity contribution in [1.29, 1.82) is 0 Å². The molecule has 0 aromatic heterocycles. The third kappa shape index (κ3) is 11.9. The summed E-state index contributed by atoms with van der Waals surface area (Å²) in [5.74, 6) is -1.29. The fraction of sp³-hybridized carbons (Fsp3) is 0.500. The predicted octanol–water partition coefficient (Wildman–Crippen LogP) is 8.69. The second-order valence-electron chi connectivity index (χ2n) is 16.3. The molecular weight excluding hydrogens is 803 g/mol. The average Bonchev–Trinajstić information content (AvgIpc) is 3.30. The van der Waals surface area contributed by atoms with Crippen LogP contribution in [0.15, 0.2) is 108 Å². The molecule has 1 aliphatic heterocycles. The number of nitrogens with zero attached hydrogens (tertiary/aromatic N) is 2. The standard InChI is InChI=1S/C50H65N3O10/c1-4-25-53(49(57)59-30-29-58-35-37-19-11-8-12-20-37)45-33-43(52-61-6-3)41-31-38(21-13-15-26-54)40(22-14-16-27-55)46-42-32-39(62-48(56)51-34-36-17-9-7-10-18-36)23-24-44(42)63-50(45,47(41)46)60-28-5-2/h5,7-12,17-20,23-24,31-32,38,40,45-47,54-55H,2,4,6,13-16,21-22,25-30,33-35H2,1,3H3,(H,51,56)/t38-,40+,45-,46+,47+,50+/m0/s1. The van der Waals surface area contributed by atoms with E-state index in [4.69, 9.17) is 33.7 Å². The van der Waals surface area contributed by atoms with E-state index >= 15 is 0 Å². The number of hydrogen-bond acceptors (Lipinski definition) is 11. The number of rotatable bonds is 24. The van der Waals surface area contributed by atoms with E-state index in [0.717, 1.165) is 47.9 Å². The predicted molar refractivity (Wildman–Crippen MR) is 240 cm³/mol. The minimum Gasteiger partial charge on any atom is -0.459 e. The van der Waals surface area contributed by atoms with Crippen molar-refractivity contribution in [2.24, 2.45) is 22.9 Å². The summed E-state index contributed by atoms with van der Waals surface area (Å²) < 4.78 is 32.0. The Morgan fingerprint density at radius 2 is 1.68 bits per heavy atom. The van der Waals surface area contributed by atoms with Crippen LogP contribution in [0, 0.1) is 17.8 Å². The van der Waals surface area contributed by atoms with Crippen molar-refractivity contribution in [3.63, 3.8) is 0 Å². The maximum atomic E-state index is 14.4. The molecule has 1 fully saturated rings. The van der Waals surface area contributed by atoms with E-state index in [1.54, 1.807) is 17.0 Å². The largest absolute Gasteiger partial charge is 0.459 e. The second-order valence-corrected chi connectivity index (χ2v) is 16.3. The van der Waals surface area contributed by atoms with Crippen LogP contribution in [0.5, 0.6) is 11.5 Å². The molecule has 1 saturated carbocycles. The highest BCUT2D eigenvalue weighted by atomic mass is 16.7. The highest BCUT2D eigenvalue weighted by molar-refractivity contribution is 6.03. The highest BCUT2D eigenvalue weighted by Crippen LogP contribution is 2.62. The van der Waals surface area contributed by atoms with Crippen LogP contribution in [-0.4, -0.2) is 91.0 Å². The van der Waals surface area contributed by atoms with Gasteiger partial charge in [-0.2, -0.15) is 0 Å². The van der Waals surface area contributed by atoms with Crippen LogP contribution in [0.1, 0.15) is 87.8 Å². The van der Waals surface area contributed by atoms with E-state index in [-0.39, 0.29) is 57.2 Å². The van der Waals surface area contributed by atoms with Gasteiger partial charge in [0.2, 0.25) is 5.79 Å². The van der Waals surface area contributed by atoms with E-state index in [2.05, 4.69) is 18.0 Å². The lowest BCUT2D eigenvalue weighted by atomic mass is 9.55. The zero-order valence-corrected chi connectivity index (χ0v) is 36.8. The minimum atomic E-state index is -1.44. The van der Waals surface area contributed by atoms with Crippen LogP contribution >= 0.6 is 0 Å². The number of hydrogen-bond donors (Lipinski definition) is 3. The number of ether oxygens (including phenoxy) is 5. The number of fused-ring (bicyclic) bond motifs is 2. The lowest BCUT2D eigenvalue weighted by molar-refractivity contribution is -0.255. The van der Waals surface area contributed by atoms with Crippen molar-refractivity contribution in [3.8, 4) is 11.5 Å². The van der Waals surface area contributed by atoms with Gasteiger partial charge in [0.15, 0.2) is 0 Å². The maximum Gasteiger partial charge on any atom is 0.412 e. The number of aliphatic hydroxyl groups excluding tert-OH is 2. The molecule has 6 rings (SSSR count). The summed E-state index contributed by atoms with van der Waals surface area (Å²) in [6.45, 7) is 9.83. The summed E-state index contributed by atoms with van der Waals surface area (Å²) in [5, 5.41) is 27.4. The number of unbranched alkanes of at least 4 members (excludes halogenated alkanes) is 2. The van der Waals surface area contributed by atoms with Crippen LogP contribution < -0.4 is 14.8 Å². The summed E-state index contributed by atoms with van der Waals surface area (Å²) in [4.78, 5) is 35.2. The van der Waals surface area contributed by atoms with Crippen LogP contribution in [0.25, 0.3) is 0 Å². The Hall–Kier alpha value is -5.21. The van der Waals surface area contributed by atoms with Gasteiger partial charge in [-0.25, -0.2) is 9.59 Å². The quantitative estimate of drug-likeness (QED) is 0.0452. The zero-order valence-electron chi connectivity index (χ0n) is 36.8. The molecule has 0 saturated heterocycles. The Balaban J connectivity index is 1.42. The van der Waals surface area contributed by atoms with E-state index in [0.29, 0.717) is 62.8 Å². The van der Waals surface area contributed by atoms with Gasteiger partial charge in [-0.15, -0.1) is 6.58 Å². The van der Waals surface area contributed by atoms with Crippen molar-refractivity contribution in [1.82, 2.24) is 10.2 Å². The molecule has 2 aliphatic carbocycles. The van der Waals surface area contributed by atoms with Crippen molar-refractivity contribution in [2.45, 2.75) is 96.1 Å². The Morgan fingerprint density at radius 3 is 2.38 bits per heavy atom. The molecule has 0 unspecified atom stereocenters. The number of carbonyl (C=O) groups excluding carboxylic acids is 2. The summed E-state index contributed by atoms with van der Waals surface area (Å²) >= 11 is 0. The second kappa shape index (κ2) is 24.0. The van der Waals surface area contributed by atoms with E-state index in [1.807, 2.05) is 86.6 Å². The van der Waals surface area contributed by atoms with Crippen molar-refractivity contribution in [3.05, 3.63) is 120 Å². The molecule has 63 heavy (non-hydrogen) atoms. The Kier molecular flexibility index (Phi) is 18.0. The number of aliphatic hydroxyl groups is 2. The number of amides is 2. The lowest BCUT2D eigenvalue weighted by Gasteiger charge is -2.59. The molecule has 0 spiro atoms. The third-order valence-electron chi connectivity index (χ3n) is 12.1. The van der Waals surface area contributed by atoms with Gasteiger partial charge in [0.25, 0.3) is 0 Å². The van der Waals surface area contributed by atoms with Gasteiger partial charge in [-0.05, 0) is 85.8 Å². The van der Waals surface area contributed by atoms with Gasteiger partial charge in [0, 0.05) is 44.2 Å². The van der Waals surface area contributed by atoms with Crippen molar-refractivity contribution < 1.29 is 48.3 Å². The molecule has 3 aromatic rings. The van der Waals surface area contributed by atoms with Crippen LogP contribution in [-0.2, 0) is 32.2 Å². The van der Waals surface area contributed by atoms with Crippen LogP contribution in [0.4, 0.5) is 9.59 Å². The Labute approximate surface area is 372 Å². The third-order valence-corrected chi connectivity index (χ3v) is 12.1. The van der Waals surface area contributed by atoms with Crippen LogP contribution in [0.2, 0.25) is 0 Å². The maximum absolute atomic E-state index is 14.4. The molecule has 3 N–H and O–H groups in total. The number of carbonyl (C=O) groups is 2. The summed E-state index contributed by atoms with van der Waals surface area (Å²) in [5.41, 5.74) is 4.41. The SMILES string of the molecule is C=CCO[C@@]12Oc3ccc(OC(=O)NCc4ccccc4)cc3[C@H]3[C@H](CCCCO)[C@@H](CCCCO)C=C(C(=NOCC)C[C@@H]1N(CCC)C(=O)OCCOCc1ccccc1)[C@H]32. The first kappa shape index (κ1) is 47.3. The monoisotopic (exact) mass is 867 g/mol. The first-order valence-corrected chi connectivity index (χ1v) is 22.6. The van der Waals surface area contributed by atoms with E-state index in [1.165, 1.54) is 0 Å². The molecule has 340 valence electrons. The van der Waals surface area contributed by atoms with Gasteiger partial charge in [-0.1, -0.05) is 97.7 Å². The number of benzene rings is 3. The molecule has 13 heteroatoms. The van der Waals surface area contributed by atoms with Gasteiger partial charge < -0.3 is 44.1 Å². The van der Waals surface area contributed by atoms with Crippen molar-refractivity contribution in [2.75, 3.05) is 46.2 Å². The molecule has 0 bridgehead atoms. The fourth-order valence-electron chi connectivity index (χ4n) is 9.42. The highest BCUT2D eigenvalue weighted by Gasteiger charge is 2.65. The summed E-state index contributed by atoms with van der Waals surface area (Å²) in [6, 6.07) is 24.2. The number of allylic oxidation sites excluding steroid dienone is 1. The van der Waals surface area contributed by atoms with Gasteiger partial charge in [0.05, 0.1) is 31.5 Å². The normalized spacial score (nSPS) is 22.8. The summed E-state index contributed by atoms with van der Waals surface area (Å²) in [7, 11) is 0. The molecule has 13 nitrogen and oxygen atoms in total. The number of nitrogens with one attached hydrogen (secondary N) is 1. The molecule has 1 heterocycles. The molecule has 3 aliphatic rings. The lowest BCUT2D eigenvalue weighted by Crippen LogP contribution is -2.70. The first-order valence-electron chi connectivity index (χ1n) is 22.6. The van der Waals surface area contributed by atoms with Gasteiger partial charge in [0.1, 0.15) is 30.8 Å². The topological polar surface area (TPSA) is 158 Å². The van der Waals surface area contributed by atoms with Crippen LogP contribution in [0.3, 0.4) is 0 Å². The van der Waals surface area contributed by atoms with Gasteiger partial charge in [-0.3, -0.25) is 4.90 Å². The molecule has 0 radical (unpaired) electrons. The number of oxime groups is 1. The summed E-state index contributed by atoms with van der Waals surface area (Å²) in [6.07, 6.45) is 8.17. The Morgan fingerprint density at radius 1 is 0.952 bits per heavy atom. The smallest absolute Gasteiger partial charge is 0.412 e. The molecule has 2 amide bonds. The van der Waals surface area contributed by atoms with E-state index < -0.39 is 29.9 Å².